The number of rotatable bonds is 4. The highest BCUT2D eigenvalue weighted by Gasteiger charge is 2.43. The Kier molecular flexibility index (Phi) is 5.24. The molecule has 1 aromatic carbocycles. The van der Waals surface area contributed by atoms with E-state index in [0.717, 1.165) is 17.4 Å². The fourth-order valence-electron chi connectivity index (χ4n) is 2.23. The van der Waals surface area contributed by atoms with Gasteiger partial charge in [0, 0.05) is 5.56 Å². The predicted octanol–water partition coefficient (Wildman–Crippen LogP) is 7.00. The lowest BCUT2D eigenvalue weighted by molar-refractivity contribution is 0.343. The molecule has 0 aliphatic heterocycles. The Morgan fingerprint density at radius 3 is 1.76 bits per heavy atom. The zero-order valence-electron chi connectivity index (χ0n) is 17.7. The molecule has 1 aliphatic rings. The van der Waals surface area contributed by atoms with Gasteiger partial charge in [0.15, 0.2) is 8.32 Å². The van der Waals surface area contributed by atoms with Gasteiger partial charge in [-0.3, -0.25) is 0 Å². The van der Waals surface area contributed by atoms with Crippen molar-refractivity contribution in [1.29, 1.82) is 0 Å². The van der Waals surface area contributed by atoms with Crippen molar-refractivity contribution in [2.75, 3.05) is 0 Å². The molecule has 1 aromatic rings. The third-order valence-corrected chi connectivity index (χ3v) is 14.7. The highest BCUT2D eigenvalue weighted by Crippen LogP contribution is 2.46. The van der Waals surface area contributed by atoms with E-state index in [0.29, 0.717) is 0 Å². The minimum atomic E-state index is -1.90. The summed E-state index contributed by atoms with van der Waals surface area (Å²) in [6, 6.07) is 6.33. The van der Waals surface area contributed by atoms with Crippen LogP contribution in [0.2, 0.25) is 36.3 Å². The normalized spacial score (nSPS) is 16.2. The standard InChI is InChI=1S/C21H35O2Si2/c1-20(2,3)24(7,8)22-17-13-11-12-16-14-15-18(19(16)17)23-25(9,10)21(4,5)6/h11-15H,1-10H3. The van der Waals surface area contributed by atoms with E-state index in [-0.39, 0.29) is 10.1 Å². The maximum absolute atomic E-state index is 6.65. The van der Waals surface area contributed by atoms with Crippen molar-refractivity contribution >= 4 is 22.7 Å². The van der Waals surface area contributed by atoms with Crippen LogP contribution in [0.25, 0.3) is 6.08 Å². The maximum atomic E-state index is 6.65. The maximum Gasteiger partial charge on any atom is 0.250 e. The molecule has 0 saturated heterocycles. The molecular weight excluding hydrogens is 340 g/mol. The molecule has 0 aromatic heterocycles. The second kappa shape index (κ2) is 6.40. The third-order valence-electron chi connectivity index (χ3n) is 6.06. The van der Waals surface area contributed by atoms with Gasteiger partial charge in [-0.05, 0) is 54.0 Å². The van der Waals surface area contributed by atoms with Gasteiger partial charge in [-0.1, -0.05) is 59.8 Å². The van der Waals surface area contributed by atoms with E-state index < -0.39 is 16.6 Å². The Hall–Kier alpha value is -0.846. The number of fused-ring (bicyclic) bond motifs is 1. The summed E-state index contributed by atoms with van der Waals surface area (Å²) in [7, 11) is -3.79. The average molecular weight is 376 g/mol. The Labute approximate surface area is 156 Å². The molecule has 0 bridgehead atoms. The summed E-state index contributed by atoms with van der Waals surface area (Å²) in [5.74, 6) is 0.975. The zero-order valence-corrected chi connectivity index (χ0v) is 19.7. The van der Waals surface area contributed by atoms with E-state index in [1.54, 1.807) is 0 Å². The van der Waals surface area contributed by atoms with Crippen molar-refractivity contribution in [3.05, 3.63) is 41.5 Å². The Bertz CT molecular complexity index is 661. The molecule has 1 radical (unpaired) electrons. The largest absolute Gasteiger partial charge is 0.543 e. The molecule has 1 aliphatic carbocycles. The Morgan fingerprint density at radius 2 is 1.24 bits per heavy atom. The van der Waals surface area contributed by atoms with Crippen LogP contribution in [0.5, 0.6) is 5.75 Å². The molecule has 0 saturated carbocycles. The summed E-state index contributed by atoms with van der Waals surface area (Å²) in [5.41, 5.74) is 2.34. The first-order valence-corrected chi connectivity index (χ1v) is 15.0. The van der Waals surface area contributed by atoms with Gasteiger partial charge in [0.2, 0.25) is 8.32 Å². The lowest BCUT2D eigenvalue weighted by Gasteiger charge is -2.39. The van der Waals surface area contributed by atoms with E-state index in [1.807, 2.05) is 0 Å². The van der Waals surface area contributed by atoms with E-state index in [4.69, 9.17) is 8.85 Å². The molecule has 4 heteroatoms. The zero-order chi connectivity index (χ0) is 19.3. The molecule has 0 unspecified atom stereocenters. The van der Waals surface area contributed by atoms with Gasteiger partial charge in [0.05, 0.1) is 0 Å². The first-order valence-electron chi connectivity index (χ1n) is 9.22. The second-order valence-electron chi connectivity index (χ2n) is 10.1. The van der Waals surface area contributed by atoms with Crippen molar-refractivity contribution in [2.45, 2.75) is 77.8 Å². The average Bonchev–Trinajstić information content (AvgIpc) is 2.79. The molecule has 0 spiro atoms. The Balaban J connectivity index is 2.37. The van der Waals surface area contributed by atoms with Crippen LogP contribution < -0.4 is 4.43 Å². The summed E-state index contributed by atoms with van der Waals surface area (Å²) in [6.45, 7) is 22.8. The van der Waals surface area contributed by atoms with Gasteiger partial charge in [0.25, 0.3) is 0 Å². The van der Waals surface area contributed by atoms with Crippen LogP contribution in [0, 0.1) is 6.10 Å². The minimum absolute atomic E-state index is 0.169. The van der Waals surface area contributed by atoms with Crippen LogP contribution in [-0.4, -0.2) is 16.6 Å². The SMILES string of the molecule is CC(C)(C)[Si](C)(C)O[C]1C=Cc2cccc(O[Si](C)(C)C(C)(C)C)c21. The third kappa shape index (κ3) is 4.12. The van der Waals surface area contributed by atoms with Crippen molar-refractivity contribution in [3.8, 4) is 5.75 Å². The second-order valence-corrected chi connectivity index (χ2v) is 19.6. The number of hydrogen-bond donors (Lipinski definition) is 0. The summed E-state index contributed by atoms with van der Waals surface area (Å²) in [6.07, 6.45) is 5.25. The molecule has 0 atom stereocenters. The van der Waals surface area contributed by atoms with Gasteiger partial charge in [0.1, 0.15) is 11.9 Å². The van der Waals surface area contributed by atoms with Crippen molar-refractivity contribution < 1.29 is 8.85 Å². The molecular formula is C21H35O2Si2. The van der Waals surface area contributed by atoms with Crippen molar-refractivity contribution in [3.63, 3.8) is 0 Å². The fourth-order valence-corrected chi connectivity index (χ4v) is 4.28. The molecule has 2 nitrogen and oxygen atoms in total. The highest BCUT2D eigenvalue weighted by molar-refractivity contribution is 6.75. The topological polar surface area (TPSA) is 18.5 Å². The van der Waals surface area contributed by atoms with Crippen LogP contribution in [0.1, 0.15) is 52.7 Å². The minimum Gasteiger partial charge on any atom is -0.543 e. The van der Waals surface area contributed by atoms with Crippen molar-refractivity contribution in [2.24, 2.45) is 0 Å². The molecule has 0 N–H and O–H groups in total. The van der Waals surface area contributed by atoms with Gasteiger partial charge in [-0.15, -0.1) is 0 Å². The molecule has 2 rings (SSSR count). The summed E-state index contributed by atoms with van der Waals surface area (Å²) >= 11 is 0. The van der Waals surface area contributed by atoms with Gasteiger partial charge >= 0.3 is 0 Å². The van der Waals surface area contributed by atoms with Crippen LogP contribution in [0.3, 0.4) is 0 Å². The lowest BCUT2D eigenvalue weighted by Crippen LogP contribution is -2.44. The molecule has 0 fully saturated rings. The van der Waals surface area contributed by atoms with Crippen LogP contribution in [0.4, 0.5) is 0 Å². The summed E-state index contributed by atoms with van der Waals surface area (Å²) in [5, 5.41) is 0.341. The van der Waals surface area contributed by atoms with Crippen molar-refractivity contribution in [1.82, 2.24) is 0 Å². The van der Waals surface area contributed by atoms with E-state index in [9.17, 15) is 0 Å². The van der Waals surface area contributed by atoms with E-state index in [1.165, 1.54) is 5.56 Å². The van der Waals surface area contributed by atoms with Gasteiger partial charge < -0.3 is 8.85 Å². The summed E-state index contributed by atoms with van der Waals surface area (Å²) in [4.78, 5) is 0. The van der Waals surface area contributed by atoms with Crippen LogP contribution >= 0.6 is 0 Å². The Morgan fingerprint density at radius 1 is 0.720 bits per heavy atom. The van der Waals surface area contributed by atoms with E-state index >= 15 is 0 Å². The first kappa shape index (κ1) is 20.5. The van der Waals surface area contributed by atoms with Crippen LogP contribution in [0.15, 0.2) is 24.3 Å². The molecule has 139 valence electrons. The number of benzene rings is 1. The van der Waals surface area contributed by atoms with Crippen LogP contribution in [-0.2, 0) is 4.43 Å². The molecule has 0 amide bonds. The highest BCUT2D eigenvalue weighted by atomic mass is 28.4. The van der Waals surface area contributed by atoms with Gasteiger partial charge in [-0.2, -0.15) is 0 Å². The monoisotopic (exact) mass is 375 g/mol. The first-order chi connectivity index (χ1) is 11.2. The summed E-state index contributed by atoms with van der Waals surface area (Å²) < 4.78 is 13.3. The smallest absolute Gasteiger partial charge is 0.250 e. The predicted molar refractivity (Wildman–Crippen MR) is 114 cm³/mol. The lowest BCUT2D eigenvalue weighted by atomic mass is 10.1. The van der Waals surface area contributed by atoms with E-state index in [2.05, 4.69) is 98.1 Å². The molecule has 25 heavy (non-hydrogen) atoms. The van der Waals surface area contributed by atoms with Gasteiger partial charge in [-0.25, -0.2) is 0 Å². The quantitative estimate of drug-likeness (QED) is 0.527. The fraction of sp³-hybridized carbons (Fsp3) is 0.571. The molecule has 0 heterocycles. The number of hydrogen-bond acceptors (Lipinski definition) is 2.